The van der Waals surface area contributed by atoms with Gasteiger partial charge in [0.2, 0.25) is 5.95 Å². The van der Waals surface area contributed by atoms with E-state index in [-0.39, 0.29) is 47.9 Å². The summed E-state index contributed by atoms with van der Waals surface area (Å²) in [4.78, 5) is 28.8. The molecule has 9 nitrogen and oxygen atoms in total. The second-order valence-corrected chi connectivity index (χ2v) is 10.4. The maximum Gasteiger partial charge on any atom is 0.345 e. The molecule has 200 valence electrons. The van der Waals surface area contributed by atoms with Gasteiger partial charge in [0.25, 0.3) is 5.91 Å². The van der Waals surface area contributed by atoms with Gasteiger partial charge in [0.15, 0.2) is 5.82 Å². The Labute approximate surface area is 211 Å². The van der Waals surface area contributed by atoms with Gasteiger partial charge in [-0.2, -0.15) is 13.8 Å². The van der Waals surface area contributed by atoms with E-state index in [0.29, 0.717) is 0 Å². The summed E-state index contributed by atoms with van der Waals surface area (Å²) in [7, 11) is 0. The number of alkyl halides is 2. The van der Waals surface area contributed by atoms with Crippen molar-refractivity contribution < 1.29 is 23.4 Å². The molecule has 2 heterocycles. The summed E-state index contributed by atoms with van der Waals surface area (Å²) in [5, 5.41) is 15.8. The Kier molecular flexibility index (Phi) is 9.55. The average Bonchev–Trinajstić information content (AvgIpc) is 3.26. The molecule has 0 spiro atoms. The maximum atomic E-state index is 13.2. The number of aliphatic hydroxyl groups is 1. The van der Waals surface area contributed by atoms with Crippen molar-refractivity contribution in [3.8, 4) is 0 Å². The molecule has 0 aromatic carbocycles. The van der Waals surface area contributed by atoms with Gasteiger partial charge in [-0.15, -0.1) is 0 Å². The fraction of sp³-hybridized carbons (Fsp3) is 0.760. The molecule has 0 bridgehead atoms. The summed E-state index contributed by atoms with van der Waals surface area (Å²) in [6, 6.07) is -0.394. The first-order valence-electron chi connectivity index (χ1n) is 13.1. The predicted molar refractivity (Wildman–Crippen MR) is 133 cm³/mol. The van der Waals surface area contributed by atoms with Gasteiger partial charge in [0.1, 0.15) is 5.56 Å². The molecule has 1 aliphatic heterocycles. The van der Waals surface area contributed by atoms with Gasteiger partial charge in [0.05, 0.1) is 12.7 Å². The molecule has 2 aliphatic carbocycles. The molecule has 1 aromatic heterocycles. The zero-order valence-electron chi connectivity index (χ0n) is 20.9. The number of nitrogens with zero attached hydrogens (tertiary/aromatic N) is 4. The topological polar surface area (TPSA) is 112 Å². The Morgan fingerprint density at radius 3 is 2.75 bits per heavy atom. The Hall–Kier alpha value is -2.24. The van der Waals surface area contributed by atoms with E-state index in [4.69, 9.17) is 0 Å². The van der Waals surface area contributed by atoms with Crippen molar-refractivity contribution in [2.45, 2.75) is 83.1 Å². The van der Waals surface area contributed by atoms with Crippen LogP contribution in [-0.4, -0.2) is 83.1 Å². The Morgan fingerprint density at radius 2 is 2.06 bits per heavy atom. The van der Waals surface area contributed by atoms with E-state index in [0.717, 1.165) is 57.7 Å². The number of rotatable bonds is 11. The second-order valence-electron chi connectivity index (χ2n) is 10.4. The van der Waals surface area contributed by atoms with E-state index in [1.54, 1.807) is 13.1 Å². The lowest BCUT2D eigenvalue weighted by Gasteiger charge is -2.30. The van der Waals surface area contributed by atoms with Gasteiger partial charge in [-0.25, -0.2) is 9.98 Å². The number of carbonyl (C=O) groups is 1. The molecule has 2 saturated carbocycles. The van der Waals surface area contributed by atoms with E-state index < -0.39 is 12.7 Å². The quantitative estimate of drug-likeness (QED) is 0.393. The third-order valence-electron chi connectivity index (χ3n) is 7.36. The Balaban J connectivity index is 1.42. The van der Waals surface area contributed by atoms with Crippen molar-refractivity contribution in [3.63, 3.8) is 0 Å². The molecule has 1 aromatic rings. The highest BCUT2D eigenvalue weighted by Gasteiger charge is 2.29. The van der Waals surface area contributed by atoms with Crippen LogP contribution < -0.4 is 10.6 Å². The molecule has 0 unspecified atom stereocenters. The molecule has 0 radical (unpaired) electrons. The summed E-state index contributed by atoms with van der Waals surface area (Å²) in [6.07, 6.45) is 10.9. The zero-order chi connectivity index (χ0) is 25.5. The number of aliphatic imine (C=N–C) groups is 1. The van der Waals surface area contributed by atoms with Gasteiger partial charge in [-0.1, -0.05) is 6.42 Å². The summed E-state index contributed by atoms with van der Waals surface area (Å²) >= 11 is 0. The number of aliphatic hydroxyl groups excluding tert-OH is 1. The van der Waals surface area contributed by atoms with Crippen molar-refractivity contribution in [2.75, 3.05) is 31.6 Å². The van der Waals surface area contributed by atoms with Crippen LogP contribution in [0.4, 0.5) is 20.5 Å². The number of hydrogen-bond donors (Lipinski definition) is 3. The number of amides is 1. The van der Waals surface area contributed by atoms with Crippen LogP contribution in [0.1, 0.15) is 68.6 Å². The molecule has 3 fully saturated rings. The van der Waals surface area contributed by atoms with Crippen molar-refractivity contribution >= 4 is 23.9 Å². The van der Waals surface area contributed by atoms with E-state index >= 15 is 0 Å². The van der Waals surface area contributed by atoms with Gasteiger partial charge in [-0.05, 0) is 63.7 Å². The first kappa shape index (κ1) is 26.8. The molecule has 3 N–H and O–H groups in total. The minimum Gasteiger partial charge on any atom is -0.393 e. The smallest absolute Gasteiger partial charge is 0.345 e. The lowest BCUT2D eigenvalue weighted by Crippen LogP contribution is -2.38. The van der Waals surface area contributed by atoms with Crippen molar-refractivity contribution in [2.24, 2.45) is 16.8 Å². The van der Waals surface area contributed by atoms with Crippen LogP contribution in [0.2, 0.25) is 0 Å². The largest absolute Gasteiger partial charge is 0.393 e. The van der Waals surface area contributed by atoms with Crippen LogP contribution in [0.5, 0.6) is 0 Å². The highest BCUT2D eigenvalue weighted by atomic mass is 19.3. The fourth-order valence-electron chi connectivity index (χ4n) is 5.03. The van der Waals surface area contributed by atoms with Gasteiger partial charge in [0, 0.05) is 44.1 Å². The normalized spacial score (nSPS) is 26.3. The fourth-order valence-corrected chi connectivity index (χ4v) is 5.03. The van der Waals surface area contributed by atoms with Crippen molar-refractivity contribution in [1.29, 1.82) is 0 Å². The first-order valence-corrected chi connectivity index (χ1v) is 13.1. The zero-order valence-corrected chi connectivity index (χ0v) is 20.9. The minimum absolute atomic E-state index is 0.0681. The summed E-state index contributed by atoms with van der Waals surface area (Å²) in [5.74, 6) is 1.16. The minimum atomic E-state index is -2.85. The molecular formula is C25H38F2N6O3. The molecule has 4 rings (SSSR count). The van der Waals surface area contributed by atoms with E-state index in [2.05, 4.69) is 35.2 Å². The molecule has 3 aliphatic rings. The Morgan fingerprint density at radius 1 is 1.28 bits per heavy atom. The number of carbonyl (C=O) groups excluding carboxylic acids is 1. The number of ether oxygens (including phenoxy) is 1. The first-order chi connectivity index (χ1) is 17.4. The molecule has 2 atom stereocenters. The van der Waals surface area contributed by atoms with Crippen LogP contribution >= 0.6 is 0 Å². The van der Waals surface area contributed by atoms with Crippen LogP contribution in [-0.2, 0) is 4.74 Å². The molecular weight excluding hydrogens is 470 g/mol. The lowest BCUT2D eigenvalue weighted by atomic mass is 9.85. The standard InChI is InChI=1S/C25H38F2N6O3/c1-16(15-36-24(26)27)30-25-29-12-21(22(32-25)28-11-17-5-7-20(34)8-6-17)23(35)31-19-9-10-33(14-19)13-18-3-2-4-18/h11-12,16-20,24,34H,2-10,13-15H2,1H3,(H,31,35)(H,29,30,32)/b28-11+/t16-,17?,19-,20?/m0/s1. The number of hydrogen-bond acceptors (Lipinski definition) is 8. The lowest BCUT2D eigenvalue weighted by molar-refractivity contribution is -0.130. The molecule has 36 heavy (non-hydrogen) atoms. The highest BCUT2D eigenvalue weighted by molar-refractivity contribution is 5.98. The van der Waals surface area contributed by atoms with Gasteiger partial charge < -0.3 is 25.4 Å². The van der Waals surface area contributed by atoms with Crippen molar-refractivity contribution in [3.05, 3.63) is 11.8 Å². The van der Waals surface area contributed by atoms with E-state index in [9.17, 15) is 18.7 Å². The number of likely N-dealkylation sites (tertiary alicyclic amines) is 1. The summed E-state index contributed by atoms with van der Waals surface area (Å²) < 4.78 is 29.1. The van der Waals surface area contributed by atoms with Crippen LogP contribution in [0.15, 0.2) is 11.2 Å². The van der Waals surface area contributed by atoms with Crippen LogP contribution in [0, 0.1) is 11.8 Å². The number of halogens is 2. The van der Waals surface area contributed by atoms with Crippen molar-refractivity contribution in [1.82, 2.24) is 20.2 Å². The molecule has 1 amide bonds. The third-order valence-corrected chi connectivity index (χ3v) is 7.36. The Bertz CT molecular complexity index is 893. The van der Waals surface area contributed by atoms with Gasteiger partial charge in [-0.3, -0.25) is 4.79 Å². The maximum absolute atomic E-state index is 13.2. The van der Waals surface area contributed by atoms with E-state index in [1.165, 1.54) is 25.5 Å². The van der Waals surface area contributed by atoms with Crippen LogP contribution in [0.3, 0.4) is 0 Å². The highest BCUT2D eigenvalue weighted by Crippen LogP contribution is 2.28. The van der Waals surface area contributed by atoms with E-state index in [1.807, 2.05) is 0 Å². The molecule has 1 saturated heterocycles. The predicted octanol–water partition coefficient (Wildman–Crippen LogP) is 3.37. The summed E-state index contributed by atoms with van der Waals surface area (Å²) in [6.45, 7) is 1.54. The third kappa shape index (κ3) is 7.88. The number of aromatic nitrogens is 2. The molecule has 11 heteroatoms. The SMILES string of the molecule is C[C@@H](COC(F)F)Nc1ncc(C(=O)N[C@H]2CCN(CC3CCC3)C2)c(/N=C/C2CCC(O)CC2)n1. The average molecular weight is 509 g/mol. The van der Waals surface area contributed by atoms with Crippen LogP contribution in [0.25, 0.3) is 0 Å². The second kappa shape index (κ2) is 12.8. The monoisotopic (exact) mass is 508 g/mol. The number of nitrogens with one attached hydrogen (secondary N) is 2. The number of anilines is 1. The summed E-state index contributed by atoms with van der Waals surface area (Å²) in [5.41, 5.74) is 0.279. The van der Waals surface area contributed by atoms with Gasteiger partial charge >= 0.3 is 6.61 Å².